The van der Waals surface area contributed by atoms with Crippen LogP contribution in [-0.2, 0) is 26.2 Å². The molecule has 6 rings (SSSR count). The van der Waals surface area contributed by atoms with Gasteiger partial charge >= 0.3 is 0 Å². The molecule has 294 valence electrons. The van der Waals surface area contributed by atoms with Gasteiger partial charge in [-0.15, -0.1) is 11.3 Å². The molecule has 1 aromatic carbocycles. The molecular weight excluding hydrogens is 739 g/mol. The fourth-order valence-electron chi connectivity index (χ4n) is 6.25. The first-order chi connectivity index (χ1) is 26.8. The maximum Gasteiger partial charge on any atom is 0.276 e. The normalized spacial score (nSPS) is 11.7. The number of aryl methyl sites for hydroxylation is 4. The van der Waals surface area contributed by atoms with Crippen LogP contribution in [0.4, 0.5) is 11.9 Å². The summed E-state index contributed by atoms with van der Waals surface area (Å²) in [5.74, 6) is -1.17. The Labute approximate surface area is 326 Å². The van der Waals surface area contributed by atoms with Gasteiger partial charge in [0.2, 0.25) is 17.8 Å². The smallest absolute Gasteiger partial charge is 0.276 e. The van der Waals surface area contributed by atoms with Gasteiger partial charge in [0.05, 0.1) is 28.4 Å². The van der Waals surface area contributed by atoms with Crippen molar-refractivity contribution in [2.45, 2.75) is 60.3 Å². The van der Waals surface area contributed by atoms with Crippen LogP contribution >= 0.6 is 11.3 Å². The van der Waals surface area contributed by atoms with Crippen LogP contribution in [0.25, 0.3) is 21.4 Å². The molecule has 0 spiro atoms. The number of primary amides is 2. The van der Waals surface area contributed by atoms with E-state index in [2.05, 4.69) is 25.8 Å². The maximum atomic E-state index is 13.7. The van der Waals surface area contributed by atoms with Crippen LogP contribution in [-0.4, -0.2) is 94.4 Å². The van der Waals surface area contributed by atoms with Crippen molar-refractivity contribution in [1.29, 1.82) is 0 Å². The van der Waals surface area contributed by atoms with Gasteiger partial charge < -0.3 is 25.7 Å². The summed E-state index contributed by atoms with van der Waals surface area (Å²) in [4.78, 5) is 63.9. The highest BCUT2D eigenvalue weighted by Crippen LogP contribution is 2.32. The number of imidazole rings is 2. The number of ether oxygens (including phenoxy) is 1. The summed E-state index contributed by atoms with van der Waals surface area (Å²) in [6.07, 6.45) is 4.44. The third kappa shape index (κ3) is 8.32. The maximum absolute atomic E-state index is 13.7. The Hall–Kier alpha value is -6.34. The van der Waals surface area contributed by atoms with Gasteiger partial charge in [-0.25, -0.2) is 9.97 Å². The van der Waals surface area contributed by atoms with Crippen molar-refractivity contribution in [1.82, 2.24) is 43.6 Å². The van der Waals surface area contributed by atoms with Crippen molar-refractivity contribution in [3.8, 4) is 5.75 Å². The average molecular weight is 784 g/mol. The number of thiophene rings is 1. The van der Waals surface area contributed by atoms with Crippen molar-refractivity contribution in [3.05, 3.63) is 75.7 Å². The second kappa shape index (κ2) is 16.6. The van der Waals surface area contributed by atoms with E-state index in [1.165, 1.54) is 11.3 Å². The van der Waals surface area contributed by atoms with Crippen LogP contribution in [0.15, 0.2) is 42.5 Å². The van der Waals surface area contributed by atoms with Crippen molar-refractivity contribution in [2.75, 3.05) is 37.9 Å². The zero-order chi connectivity index (χ0) is 40.3. The Bertz CT molecular complexity index is 2480. The van der Waals surface area contributed by atoms with Crippen LogP contribution in [0, 0.1) is 13.8 Å². The molecule has 0 saturated carbocycles. The van der Waals surface area contributed by atoms with E-state index in [-0.39, 0.29) is 36.5 Å². The molecular formula is C37H45N13O5S. The van der Waals surface area contributed by atoms with Crippen LogP contribution < -0.4 is 26.8 Å². The van der Waals surface area contributed by atoms with E-state index >= 15 is 0 Å². The predicted molar refractivity (Wildman–Crippen MR) is 213 cm³/mol. The minimum absolute atomic E-state index is 0.202. The van der Waals surface area contributed by atoms with E-state index < -0.39 is 17.7 Å². The second-order valence-corrected chi connectivity index (χ2v) is 14.4. The first-order valence-corrected chi connectivity index (χ1v) is 18.9. The number of hydrogen-bond donors (Lipinski definition) is 4. The molecule has 6 N–H and O–H groups in total. The monoisotopic (exact) mass is 783 g/mol. The van der Waals surface area contributed by atoms with E-state index in [9.17, 15) is 19.2 Å². The van der Waals surface area contributed by atoms with Gasteiger partial charge in [-0.2, -0.15) is 10.2 Å². The highest BCUT2D eigenvalue weighted by atomic mass is 32.1. The Morgan fingerprint density at radius 3 is 1.93 bits per heavy atom. The molecule has 0 aliphatic carbocycles. The lowest BCUT2D eigenvalue weighted by Crippen LogP contribution is -2.20. The molecule has 6 aromatic rings. The number of carbonyl (C=O) groups excluding carboxylic acids is 4. The van der Waals surface area contributed by atoms with Gasteiger partial charge in [0.25, 0.3) is 17.7 Å². The van der Waals surface area contributed by atoms with Crippen molar-refractivity contribution >= 4 is 68.2 Å². The first-order valence-electron chi connectivity index (χ1n) is 18.1. The molecule has 5 heterocycles. The molecule has 0 aliphatic rings. The van der Waals surface area contributed by atoms with Crippen LogP contribution in [0.5, 0.6) is 5.75 Å². The number of anilines is 2. The van der Waals surface area contributed by atoms with Crippen molar-refractivity contribution in [3.63, 3.8) is 0 Å². The fraction of sp³-hybridized carbons (Fsp3) is 0.351. The van der Waals surface area contributed by atoms with Gasteiger partial charge in [0, 0.05) is 38.3 Å². The van der Waals surface area contributed by atoms with E-state index in [0.29, 0.717) is 80.9 Å². The number of rotatable bonds is 17. The number of benzene rings is 1. The van der Waals surface area contributed by atoms with Gasteiger partial charge in [0.15, 0.2) is 0 Å². The third-order valence-corrected chi connectivity index (χ3v) is 9.99. The molecule has 0 unspecified atom stereocenters. The molecule has 0 radical (unpaired) electrons. The van der Waals surface area contributed by atoms with Crippen molar-refractivity contribution in [2.24, 2.45) is 11.5 Å². The molecule has 0 aliphatic heterocycles. The number of fused-ring (bicyclic) bond motifs is 2. The molecule has 0 saturated heterocycles. The summed E-state index contributed by atoms with van der Waals surface area (Å²) in [6.45, 7) is 9.98. The SMILES string of the molecule is CCn1nc(C)cc1C(=O)Nc1nc2cc(C(N)=O)sc2n1C/C=C/Cn1c(NC(=O)c2cc(C)nn2CC)nc2cc(C(N)=O)cc(OCCCN(C)C)c21. The summed E-state index contributed by atoms with van der Waals surface area (Å²) in [5, 5.41) is 14.6. The van der Waals surface area contributed by atoms with Crippen molar-refractivity contribution < 1.29 is 23.9 Å². The van der Waals surface area contributed by atoms with Gasteiger partial charge in [-0.05, 0) is 78.5 Å². The Balaban J connectivity index is 1.36. The van der Waals surface area contributed by atoms with Crippen LogP contribution in [0.3, 0.4) is 0 Å². The zero-order valence-corrected chi connectivity index (χ0v) is 32.9. The Morgan fingerprint density at radius 1 is 0.804 bits per heavy atom. The summed E-state index contributed by atoms with van der Waals surface area (Å²) < 4.78 is 13.0. The minimum atomic E-state index is -0.649. The Morgan fingerprint density at radius 2 is 1.38 bits per heavy atom. The molecule has 4 amide bonds. The first kappa shape index (κ1) is 39.4. The molecule has 0 bridgehead atoms. The van der Waals surface area contributed by atoms with Crippen LogP contribution in [0.2, 0.25) is 0 Å². The van der Waals surface area contributed by atoms with Gasteiger partial charge in [-0.3, -0.25) is 43.7 Å². The quantitative estimate of drug-likeness (QED) is 0.0773. The predicted octanol–water partition coefficient (Wildman–Crippen LogP) is 3.79. The van der Waals surface area contributed by atoms with E-state index in [1.807, 2.05) is 58.8 Å². The molecule has 19 heteroatoms. The van der Waals surface area contributed by atoms with Gasteiger partial charge in [0.1, 0.15) is 33.0 Å². The Kier molecular flexibility index (Phi) is 11.6. The summed E-state index contributed by atoms with van der Waals surface area (Å²) in [5.41, 5.74) is 15.1. The highest BCUT2D eigenvalue weighted by Gasteiger charge is 2.23. The number of nitrogens with one attached hydrogen (secondary N) is 2. The lowest BCUT2D eigenvalue weighted by atomic mass is 10.1. The van der Waals surface area contributed by atoms with Gasteiger partial charge in [-0.1, -0.05) is 12.2 Å². The lowest BCUT2D eigenvalue weighted by Gasteiger charge is -2.14. The number of nitrogens with zero attached hydrogens (tertiary/aromatic N) is 9. The van der Waals surface area contributed by atoms with E-state index in [1.54, 1.807) is 48.8 Å². The summed E-state index contributed by atoms with van der Waals surface area (Å²) in [6, 6.07) is 8.15. The number of carbonyl (C=O) groups is 4. The standard InChI is InChI=1S/C37H45N13O5S/c1-7-49-26(16-21(3)44-49)33(53)42-36-40-24-18-23(31(38)51)19-28(55-15-11-12-46(5)6)30(24)47(36)13-9-10-14-48-35-25(20-29(56-35)32(39)52)41-37(48)43-34(54)27-17-22(4)45-50(27)8-2/h9-10,16-20H,7-8,11-15H2,1-6H3,(H2,38,51)(H2,39,52)(H,40,42,53)(H,41,43,54)/b10-9+. The second-order valence-electron chi connectivity index (χ2n) is 13.3. The minimum Gasteiger partial charge on any atom is -0.491 e. The van der Waals surface area contributed by atoms with Crippen LogP contribution in [0.1, 0.15) is 72.7 Å². The highest BCUT2D eigenvalue weighted by molar-refractivity contribution is 7.20. The number of amides is 4. The molecule has 0 atom stereocenters. The summed E-state index contributed by atoms with van der Waals surface area (Å²) >= 11 is 1.17. The largest absolute Gasteiger partial charge is 0.491 e. The summed E-state index contributed by atoms with van der Waals surface area (Å²) in [7, 11) is 3.94. The van der Waals surface area contributed by atoms with E-state index in [4.69, 9.17) is 21.2 Å². The average Bonchev–Trinajstić information content (AvgIpc) is 3.96. The topological polar surface area (TPSA) is 228 Å². The molecule has 5 aromatic heterocycles. The number of aromatic nitrogens is 8. The zero-order valence-electron chi connectivity index (χ0n) is 32.1. The molecule has 0 fully saturated rings. The molecule has 56 heavy (non-hydrogen) atoms. The fourth-order valence-corrected chi connectivity index (χ4v) is 7.21. The lowest BCUT2D eigenvalue weighted by molar-refractivity contribution is 0.0993. The molecule has 18 nitrogen and oxygen atoms in total. The number of hydrogen-bond acceptors (Lipinski definition) is 11. The van der Waals surface area contributed by atoms with E-state index in [0.717, 1.165) is 6.54 Å². The third-order valence-electron chi connectivity index (χ3n) is 8.82. The number of allylic oxidation sites excluding steroid dienone is 2. The number of nitrogens with two attached hydrogens (primary N) is 2.